The first-order valence-corrected chi connectivity index (χ1v) is 6.55. The van der Waals surface area contributed by atoms with Gasteiger partial charge in [-0.25, -0.2) is 4.98 Å². The number of hydrogen-bond acceptors (Lipinski definition) is 5. The van der Waals surface area contributed by atoms with Gasteiger partial charge in [0, 0.05) is 30.5 Å². The van der Waals surface area contributed by atoms with Gasteiger partial charge in [0.15, 0.2) is 0 Å². The Labute approximate surface area is 120 Å². The number of nitrogens with one attached hydrogen (secondary N) is 2. The van der Waals surface area contributed by atoms with Crippen LogP contribution >= 0.6 is 0 Å². The molecule has 2 heterocycles. The smallest absolute Gasteiger partial charge is 0.260 e. The van der Waals surface area contributed by atoms with E-state index in [0.29, 0.717) is 29.1 Å². The number of hydrogen-bond donors (Lipinski definition) is 3. The average molecular weight is 284 g/mol. The number of nitrogens with two attached hydrogens (primary N) is 1. The van der Waals surface area contributed by atoms with Crippen LogP contribution < -0.4 is 16.6 Å². The molecule has 4 N–H and O–H groups in total. The van der Waals surface area contributed by atoms with E-state index in [1.54, 1.807) is 29.1 Å². The molecule has 0 aliphatic carbocycles. The van der Waals surface area contributed by atoms with E-state index in [-0.39, 0.29) is 5.56 Å². The molecule has 2 aromatic heterocycles. The molecular weight excluding hydrogens is 268 g/mol. The molecule has 3 rings (SSSR count). The lowest BCUT2D eigenvalue weighted by Crippen LogP contribution is -2.13. The van der Waals surface area contributed by atoms with Gasteiger partial charge < -0.3 is 11.1 Å². The van der Waals surface area contributed by atoms with E-state index in [0.717, 1.165) is 11.3 Å². The van der Waals surface area contributed by atoms with Crippen molar-refractivity contribution in [3.63, 3.8) is 0 Å². The lowest BCUT2D eigenvalue weighted by atomic mass is 10.2. The summed E-state index contributed by atoms with van der Waals surface area (Å²) in [6.45, 7) is 2.53. The van der Waals surface area contributed by atoms with Gasteiger partial charge in [-0.15, -0.1) is 0 Å². The van der Waals surface area contributed by atoms with Crippen LogP contribution in [0.25, 0.3) is 10.9 Å². The van der Waals surface area contributed by atoms with E-state index in [9.17, 15) is 4.79 Å². The number of aromatic nitrogens is 4. The topological polar surface area (TPSA) is 102 Å². The summed E-state index contributed by atoms with van der Waals surface area (Å²) in [5, 5.41) is 7.77. The summed E-state index contributed by atoms with van der Waals surface area (Å²) in [7, 11) is 1.89. The third kappa shape index (κ3) is 2.45. The van der Waals surface area contributed by atoms with Crippen molar-refractivity contribution in [2.75, 3.05) is 11.1 Å². The van der Waals surface area contributed by atoms with Crippen LogP contribution in [0.4, 0.5) is 11.6 Å². The highest BCUT2D eigenvalue weighted by atomic mass is 16.1. The van der Waals surface area contributed by atoms with Gasteiger partial charge in [-0.2, -0.15) is 5.10 Å². The van der Waals surface area contributed by atoms with Crippen LogP contribution in [0.15, 0.2) is 29.2 Å². The van der Waals surface area contributed by atoms with Gasteiger partial charge in [0.25, 0.3) is 5.56 Å². The van der Waals surface area contributed by atoms with E-state index in [1.165, 1.54) is 0 Å². The van der Waals surface area contributed by atoms with Crippen LogP contribution in [0.3, 0.4) is 0 Å². The van der Waals surface area contributed by atoms with Crippen molar-refractivity contribution < 1.29 is 0 Å². The Bertz CT molecular complexity index is 864. The molecular formula is C14H16N6O. The number of nitrogens with zero attached hydrogens (tertiary/aromatic N) is 3. The molecule has 0 spiro atoms. The van der Waals surface area contributed by atoms with E-state index >= 15 is 0 Å². The van der Waals surface area contributed by atoms with Gasteiger partial charge in [0.2, 0.25) is 5.95 Å². The fraction of sp³-hybridized carbons (Fsp3) is 0.214. The number of fused-ring (bicyclic) bond motifs is 1. The van der Waals surface area contributed by atoms with E-state index in [2.05, 4.69) is 20.4 Å². The minimum absolute atomic E-state index is 0.210. The van der Waals surface area contributed by atoms with Crippen LogP contribution in [-0.2, 0) is 13.6 Å². The van der Waals surface area contributed by atoms with Crippen LogP contribution in [0.2, 0.25) is 0 Å². The van der Waals surface area contributed by atoms with Crippen molar-refractivity contribution in [1.29, 1.82) is 0 Å². The summed E-state index contributed by atoms with van der Waals surface area (Å²) < 4.78 is 1.80. The van der Waals surface area contributed by atoms with Crippen molar-refractivity contribution in [3.8, 4) is 0 Å². The zero-order valence-electron chi connectivity index (χ0n) is 11.8. The first-order chi connectivity index (χ1) is 10.0. The second-order valence-electron chi connectivity index (χ2n) is 4.92. The van der Waals surface area contributed by atoms with Gasteiger partial charge in [-0.1, -0.05) is 0 Å². The molecule has 0 radical (unpaired) electrons. The zero-order chi connectivity index (χ0) is 15.0. The highest BCUT2D eigenvalue weighted by Crippen LogP contribution is 2.13. The van der Waals surface area contributed by atoms with Crippen molar-refractivity contribution in [1.82, 2.24) is 19.7 Å². The monoisotopic (exact) mass is 284 g/mol. The summed E-state index contributed by atoms with van der Waals surface area (Å²) in [6.07, 6.45) is 1.79. The molecule has 0 amide bonds. The quantitative estimate of drug-likeness (QED) is 0.626. The SMILES string of the molecule is Cc1c(CNc2nc3ccc(N)cc3c(=O)[nH]2)cnn1C. The molecule has 0 unspecified atom stereocenters. The molecule has 108 valence electrons. The first kappa shape index (κ1) is 13.2. The van der Waals surface area contributed by atoms with E-state index in [1.807, 2.05) is 14.0 Å². The first-order valence-electron chi connectivity index (χ1n) is 6.55. The average Bonchev–Trinajstić information content (AvgIpc) is 2.77. The Balaban J connectivity index is 1.89. The molecule has 0 bridgehead atoms. The fourth-order valence-electron chi connectivity index (χ4n) is 2.14. The number of H-pyrrole nitrogens is 1. The molecule has 0 fully saturated rings. The number of rotatable bonds is 3. The Morgan fingerprint density at radius 3 is 2.95 bits per heavy atom. The lowest BCUT2D eigenvalue weighted by Gasteiger charge is -2.06. The maximum Gasteiger partial charge on any atom is 0.260 e. The van der Waals surface area contributed by atoms with Crippen molar-refractivity contribution in [2.45, 2.75) is 13.5 Å². The van der Waals surface area contributed by atoms with Gasteiger partial charge in [0.05, 0.1) is 17.1 Å². The molecule has 0 aliphatic rings. The predicted octanol–water partition coefficient (Wildman–Crippen LogP) is 1.16. The maximum atomic E-state index is 12.0. The number of aryl methyl sites for hydroxylation is 1. The minimum Gasteiger partial charge on any atom is -0.399 e. The normalized spacial score (nSPS) is 11.0. The molecule has 3 aromatic rings. The van der Waals surface area contributed by atoms with Gasteiger partial charge >= 0.3 is 0 Å². The van der Waals surface area contributed by atoms with Crippen molar-refractivity contribution in [3.05, 3.63) is 46.0 Å². The number of benzene rings is 1. The van der Waals surface area contributed by atoms with Gasteiger partial charge in [0.1, 0.15) is 0 Å². The lowest BCUT2D eigenvalue weighted by molar-refractivity contribution is 0.738. The van der Waals surface area contributed by atoms with Crippen LogP contribution in [0.1, 0.15) is 11.3 Å². The van der Waals surface area contributed by atoms with Crippen LogP contribution in [-0.4, -0.2) is 19.7 Å². The van der Waals surface area contributed by atoms with Gasteiger partial charge in [-0.05, 0) is 25.1 Å². The van der Waals surface area contributed by atoms with Crippen LogP contribution in [0, 0.1) is 6.92 Å². The minimum atomic E-state index is -0.210. The molecule has 0 aliphatic heterocycles. The van der Waals surface area contributed by atoms with Crippen molar-refractivity contribution in [2.24, 2.45) is 7.05 Å². The number of anilines is 2. The molecule has 7 nitrogen and oxygen atoms in total. The molecule has 1 aromatic carbocycles. The Hall–Kier alpha value is -2.83. The third-order valence-corrected chi connectivity index (χ3v) is 3.51. The summed E-state index contributed by atoms with van der Waals surface area (Å²) in [4.78, 5) is 19.1. The van der Waals surface area contributed by atoms with Crippen LogP contribution in [0.5, 0.6) is 0 Å². The summed E-state index contributed by atoms with van der Waals surface area (Å²) in [5.41, 5.74) is 8.74. The highest BCUT2D eigenvalue weighted by Gasteiger charge is 2.06. The molecule has 0 atom stereocenters. The second-order valence-corrected chi connectivity index (χ2v) is 4.92. The summed E-state index contributed by atoms with van der Waals surface area (Å²) in [6, 6.07) is 5.08. The van der Waals surface area contributed by atoms with E-state index < -0.39 is 0 Å². The number of aromatic amines is 1. The second kappa shape index (κ2) is 4.93. The molecule has 0 saturated heterocycles. The Kier molecular flexibility index (Phi) is 3.09. The standard InChI is InChI=1S/C14H16N6O/c1-8-9(7-17-20(8)2)6-16-14-18-12-4-3-10(15)5-11(12)13(21)19-14/h3-5,7H,6,15H2,1-2H3,(H2,16,18,19,21). The molecule has 0 saturated carbocycles. The predicted molar refractivity (Wildman–Crippen MR) is 82.0 cm³/mol. The Morgan fingerprint density at radius 2 is 2.24 bits per heavy atom. The summed E-state index contributed by atoms with van der Waals surface area (Å²) in [5.74, 6) is 0.431. The largest absolute Gasteiger partial charge is 0.399 e. The van der Waals surface area contributed by atoms with Crippen molar-refractivity contribution >= 4 is 22.5 Å². The van der Waals surface area contributed by atoms with Gasteiger partial charge in [-0.3, -0.25) is 14.5 Å². The number of nitrogen functional groups attached to an aromatic ring is 1. The summed E-state index contributed by atoms with van der Waals surface area (Å²) >= 11 is 0. The zero-order valence-corrected chi connectivity index (χ0v) is 11.8. The third-order valence-electron chi connectivity index (χ3n) is 3.51. The Morgan fingerprint density at radius 1 is 1.43 bits per heavy atom. The molecule has 21 heavy (non-hydrogen) atoms. The molecule has 7 heteroatoms. The fourth-order valence-corrected chi connectivity index (χ4v) is 2.14. The maximum absolute atomic E-state index is 12.0. The van der Waals surface area contributed by atoms with E-state index in [4.69, 9.17) is 5.73 Å². The highest BCUT2D eigenvalue weighted by molar-refractivity contribution is 5.81.